The van der Waals surface area contributed by atoms with E-state index in [1.165, 1.54) is 11.3 Å². The molecule has 94 valence electrons. The predicted octanol–water partition coefficient (Wildman–Crippen LogP) is 3.40. The number of halogens is 1. The average Bonchev–Trinajstić information content (AvgIpc) is 2.66. The number of carboxylic acids is 1. The molecule has 1 aromatic heterocycles. The van der Waals surface area contributed by atoms with E-state index in [0.717, 1.165) is 35.2 Å². The molecule has 1 atom stereocenters. The van der Waals surface area contributed by atoms with Gasteiger partial charge in [0.1, 0.15) is 0 Å². The Labute approximate surface area is 110 Å². The molecule has 2 N–H and O–H groups in total. The van der Waals surface area contributed by atoms with Crippen LogP contribution in [0.2, 0.25) is 5.02 Å². The van der Waals surface area contributed by atoms with E-state index in [-0.39, 0.29) is 12.3 Å². The molecule has 0 bridgehead atoms. The number of benzene rings is 1. The minimum absolute atomic E-state index is 0.244. The molecule has 18 heavy (non-hydrogen) atoms. The lowest BCUT2D eigenvalue weighted by Gasteiger charge is -2.20. The van der Waals surface area contributed by atoms with E-state index in [9.17, 15) is 4.79 Å². The minimum atomic E-state index is -0.707. The molecule has 1 unspecified atom stereocenters. The number of aliphatic carboxylic acids is 1. The zero-order valence-corrected chi connectivity index (χ0v) is 10.6. The molecule has 0 spiro atoms. The standard InChI is InChI=1S/C14H14ClNO2/c15-9-2-4-13-11(7-9)10-5-8(6-14(17)18)1-3-12(10)16-13/h2,4,7-8,16H,1,3,5-6H2,(H,17,18). The van der Waals surface area contributed by atoms with Crippen molar-refractivity contribution in [3.63, 3.8) is 0 Å². The van der Waals surface area contributed by atoms with Crippen molar-refractivity contribution in [2.24, 2.45) is 5.92 Å². The van der Waals surface area contributed by atoms with Crippen molar-refractivity contribution in [1.29, 1.82) is 0 Å². The highest BCUT2D eigenvalue weighted by molar-refractivity contribution is 6.31. The van der Waals surface area contributed by atoms with Gasteiger partial charge in [-0.05, 0) is 48.9 Å². The van der Waals surface area contributed by atoms with E-state index < -0.39 is 5.97 Å². The number of aryl methyl sites for hydroxylation is 1. The molecule has 0 amide bonds. The molecule has 0 fully saturated rings. The van der Waals surface area contributed by atoms with Crippen LogP contribution in [0.1, 0.15) is 24.1 Å². The van der Waals surface area contributed by atoms with Crippen LogP contribution in [0.5, 0.6) is 0 Å². The summed E-state index contributed by atoms with van der Waals surface area (Å²) >= 11 is 6.03. The monoisotopic (exact) mass is 263 g/mol. The second-order valence-corrected chi connectivity index (χ2v) is 5.42. The number of carboxylic acid groups (broad SMARTS) is 1. The van der Waals surface area contributed by atoms with Gasteiger partial charge in [-0.1, -0.05) is 11.6 Å². The summed E-state index contributed by atoms with van der Waals surface area (Å²) in [7, 11) is 0. The zero-order valence-electron chi connectivity index (χ0n) is 9.87. The fourth-order valence-corrected chi connectivity index (χ4v) is 3.05. The van der Waals surface area contributed by atoms with Gasteiger partial charge >= 0.3 is 5.97 Å². The van der Waals surface area contributed by atoms with E-state index in [0.29, 0.717) is 0 Å². The van der Waals surface area contributed by atoms with E-state index in [2.05, 4.69) is 4.98 Å². The Balaban J connectivity index is 2.00. The summed E-state index contributed by atoms with van der Waals surface area (Å²) in [6, 6.07) is 5.83. The third kappa shape index (κ3) is 1.99. The number of rotatable bonds is 2. The van der Waals surface area contributed by atoms with E-state index in [1.807, 2.05) is 18.2 Å². The lowest BCUT2D eigenvalue weighted by atomic mass is 9.84. The first-order chi connectivity index (χ1) is 8.63. The van der Waals surface area contributed by atoms with Gasteiger partial charge in [0.25, 0.3) is 0 Å². The summed E-state index contributed by atoms with van der Waals surface area (Å²) < 4.78 is 0. The van der Waals surface area contributed by atoms with Gasteiger partial charge in [-0.2, -0.15) is 0 Å². The number of H-pyrrole nitrogens is 1. The Morgan fingerprint density at radius 1 is 1.50 bits per heavy atom. The lowest BCUT2D eigenvalue weighted by Crippen LogP contribution is -2.16. The fourth-order valence-electron chi connectivity index (χ4n) is 2.88. The average molecular weight is 264 g/mol. The molecule has 0 radical (unpaired) electrons. The highest BCUT2D eigenvalue weighted by Gasteiger charge is 2.24. The Bertz CT molecular complexity index is 618. The summed E-state index contributed by atoms with van der Waals surface area (Å²) in [6.45, 7) is 0. The summed E-state index contributed by atoms with van der Waals surface area (Å²) in [5, 5.41) is 10.8. The highest BCUT2D eigenvalue weighted by atomic mass is 35.5. The molecule has 3 rings (SSSR count). The summed E-state index contributed by atoms with van der Waals surface area (Å²) in [5.41, 5.74) is 3.60. The van der Waals surface area contributed by atoms with Crippen LogP contribution in [0.15, 0.2) is 18.2 Å². The van der Waals surface area contributed by atoms with Crippen LogP contribution in [-0.2, 0) is 17.6 Å². The van der Waals surface area contributed by atoms with Gasteiger partial charge in [-0.25, -0.2) is 0 Å². The number of aromatic nitrogens is 1. The number of aromatic amines is 1. The number of fused-ring (bicyclic) bond motifs is 3. The highest BCUT2D eigenvalue weighted by Crippen LogP contribution is 2.34. The molecule has 3 nitrogen and oxygen atoms in total. The van der Waals surface area contributed by atoms with Gasteiger partial charge in [0.15, 0.2) is 0 Å². The van der Waals surface area contributed by atoms with Crippen LogP contribution in [0.25, 0.3) is 10.9 Å². The predicted molar refractivity (Wildman–Crippen MR) is 71.1 cm³/mol. The van der Waals surface area contributed by atoms with Crippen molar-refractivity contribution < 1.29 is 9.90 Å². The summed E-state index contributed by atoms with van der Waals surface area (Å²) in [5.74, 6) is -0.464. The van der Waals surface area contributed by atoms with Crippen LogP contribution >= 0.6 is 11.6 Å². The van der Waals surface area contributed by atoms with Crippen LogP contribution in [0, 0.1) is 5.92 Å². The van der Waals surface area contributed by atoms with Crippen molar-refractivity contribution in [3.05, 3.63) is 34.5 Å². The van der Waals surface area contributed by atoms with Crippen molar-refractivity contribution in [3.8, 4) is 0 Å². The molecule has 0 aliphatic heterocycles. The first kappa shape index (κ1) is 11.6. The third-order valence-corrected chi connectivity index (χ3v) is 3.95. The van der Waals surface area contributed by atoms with Crippen molar-refractivity contribution >= 4 is 28.5 Å². The molecule has 2 aromatic rings. The molecule has 0 saturated heterocycles. The zero-order chi connectivity index (χ0) is 12.7. The van der Waals surface area contributed by atoms with Crippen LogP contribution in [0.4, 0.5) is 0 Å². The van der Waals surface area contributed by atoms with Gasteiger partial charge in [0.2, 0.25) is 0 Å². The maximum Gasteiger partial charge on any atom is 0.303 e. The maximum absolute atomic E-state index is 10.8. The van der Waals surface area contributed by atoms with Gasteiger partial charge in [0, 0.05) is 28.0 Å². The SMILES string of the molecule is O=C(O)CC1CCc2[nH]c3ccc(Cl)cc3c2C1. The molecule has 1 heterocycles. The van der Waals surface area contributed by atoms with E-state index in [4.69, 9.17) is 16.7 Å². The largest absolute Gasteiger partial charge is 0.481 e. The Kier molecular flexibility index (Phi) is 2.78. The Hall–Kier alpha value is -1.48. The number of nitrogens with one attached hydrogen (secondary N) is 1. The second-order valence-electron chi connectivity index (χ2n) is 4.98. The van der Waals surface area contributed by atoms with Crippen molar-refractivity contribution in [2.45, 2.75) is 25.7 Å². The Morgan fingerprint density at radius 3 is 3.11 bits per heavy atom. The molecular formula is C14H14ClNO2. The topological polar surface area (TPSA) is 53.1 Å². The minimum Gasteiger partial charge on any atom is -0.481 e. The number of hydrogen-bond donors (Lipinski definition) is 2. The molecular weight excluding hydrogens is 250 g/mol. The van der Waals surface area contributed by atoms with Crippen LogP contribution < -0.4 is 0 Å². The molecule has 1 aliphatic carbocycles. The molecule has 4 heteroatoms. The van der Waals surface area contributed by atoms with E-state index >= 15 is 0 Å². The quantitative estimate of drug-likeness (QED) is 0.872. The fraction of sp³-hybridized carbons (Fsp3) is 0.357. The Morgan fingerprint density at radius 2 is 2.33 bits per heavy atom. The molecule has 0 saturated carbocycles. The lowest BCUT2D eigenvalue weighted by molar-refractivity contribution is -0.138. The van der Waals surface area contributed by atoms with Crippen molar-refractivity contribution in [1.82, 2.24) is 4.98 Å². The van der Waals surface area contributed by atoms with Crippen molar-refractivity contribution in [2.75, 3.05) is 0 Å². The van der Waals surface area contributed by atoms with E-state index in [1.54, 1.807) is 0 Å². The molecule has 1 aliphatic rings. The van der Waals surface area contributed by atoms with Gasteiger partial charge in [-0.15, -0.1) is 0 Å². The molecule has 1 aromatic carbocycles. The summed E-state index contributed by atoms with van der Waals surface area (Å²) in [6.07, 6.45) is 2.97. The smallest absolute Gasteiger partial charge is 0.303 e. The summed E-state index contributed by atoms with van der Waals surface area (Å²) in [4.78, 5) is 14.2. The third-order valence-electron chi connectivity index (χ3n) is 3.72. The maximum atomic E-state index is 10.8. The number of hydrogen-bond acceptors (Lipinski definition) is 1. The van der Waals surface area contributed by atoms with Gasteiger partial charge in [-0.3, -0.25) is 4.79 Å². The van der Waals surface area contributed by atoms with Gasteiger partial charge < -0.3 is 10.1 Å². The second kappa shape index (κ2) is 4.32. The van der Waals surface area contributed by atoms with Crippen LogP contribution in [0.3, 0.4) is 0 Å². The number of carbonyl (C=O) groups is 1. The normalized spacial score (nSPS) is 18.8. The van der Waals surface area contributed by atoms with Gasteiger partial charge in [0.05, 0.1) is 0 Å². The van der Waals surface area contributed by atoms with Crippen LogP contribution in [-0.4, -0.2) is 16.1 Å². The first-order valence-electron chi connectivity index (χ1n) is 6.14. The first-order valence-corrected chi connectivity index (χ1v) is 6.52.